The average Bonchev–Trinajstić information content (AvgIpc) is 3.49. The molecule has 0 saturated carbocycles. The molecule has 0 aliphatic carbocycles. The van der Waals surface area contributed by atoms with Crippen LogP contribution in [0.4, 0.5) is 0 Å². The zero-order chi connectivity index (χ0) is 59.9. The van der Waals surface area contributed by atoms with Crippen molar-refractivity contribution in [1.29, 1.82) is 0 Å². The molecule has 0 bridgehead atoms. The van der Waals surface area contributed by atoms with Crippen LogP contribution in [0, 0.1) is 0 Å². The molecule has 0 amide bonds. The van der Waals surface area contributed by atoms with Gasteiger partial charge in [0.1, 0.15) is 13.2 Å². The monoisotopic (exact) mass is 1160 g/mol. The standard InChI is InChI=1S/C77H138O6/c1-4-7-10-13-16-19-22-25-28-30-31-32-33-34-35-36-37-38-39-40-41-42-43-44-45-46-47-48-50-52-55-58-61-64-67-70-76(79)82-73-74(72-81-75(78)69-66-63-60-57-54-51-27-24-21-18-15-12-9-6-3)83-77(80)71-68-65-62-59-56-53-49-29-26-23-20-17-14-11-8-5-2/h7,10,16,19,25,28-29,31-32,34-35,49,74H,4-6,8-9,11-15,17-18,20-24,26-27,30,33,36-48,50-73H2,1-3H3/b10-7-,19-16-,28-25-,32-31-,35-34-,49-29-. The molecule has 0 rings (SSSR count). The Morgan fingerprint density at radius 1 is 0.253 bits per heavy atom. The number of allylic oxidation sites excluding steroid dienone is 12. The van der Waals surface area contributed by atoms with Crippen LogP contribution in [-0.2, 0) is 28.6 Å². The van der Waals surface area contributed by atoms with Crippen molar-refractivity contribution in [2.75, 3.05) is 13.2 Å². The second-order valence-electron chi connectivity index (χ2n) is 24.5. The molecule has 6 nitrogen and oxygen atoms in total. The molecule has 0 aromatic rings. The normalized spacial score (nSPS) is 12.5. The minimum Gasteiger partial charge on any atom is -0.462 e. The van der Waals surface area contributed by atoms with Crippen molar-refractivity contribution in [3.05, 3.63) is 72.9 Å². The van der Waals surface area contributed by atoms with Gasteiger partial charge in [0.15, 0.2) is 6.10 Å². The molecule has 0 spiro atoms. The van der Waals surface area contributed by atoms with E-state index in [0.29, 0.717) is 19.3 Å². The highest BCUT2D eigenvalue weighted by Crippen LogP contribution is 2.18. The average molecular weight is 1160 g/mol. The van der Waals surface area contributed by atoms with Crippen LogP contribution >= 0.6 is 0 Å². The van der Waals surface area contributed by atoms with Crippen LogP contribution in [0.15, 0.2) is 72.9 Å². The first-order chi connectivity index (χ1) is 41.0. The van der Waals surface area contributed by atoms with E-state index in [0.717, 1.165) is 96.3 Å². The number of rotatable bonds is 67. The van der Waals surface area contributed by atoms with Crippen LogP contribution in [-0.4, -0.2) is 37.2 Å². The fourth-order valence-corrected chi connectivity index (χ4v) is 10.8. The van der Waals surface area contributed by atoms with Gasteiger partial charge < -0.3 is 14.2 Å². The van der Waals surface area contributed by atoms with E-state index < -0.39 is 6.10 Å². The lowest BCUT2D eigenvalue weighted by Gasteiger charge is -2.18. The smallest absolute Gasteiger partial charge is 0.306 e. The number of carbonyl (C=O) groups is 3. The Morgan fingerprint density at radius 2 is 0.470 bits per heavy atom. The molecule has 0 aromatic carbocycles. The third-order valence-corrected chi connectivity index (χ3v) is 16.2. The maximum Gasteiger partial charge on any atom is 0.306 e. The lowest BCUT2D eigenvalue weighted by Crippen LogP contribution is -2.30. The molecule has 1 unspecified atom stereocenters. The molecule has 0 heterocycles. The van der Waals surface area contributed by atoms with Gasteiger partial charge >= 0.3 is 17.9 Å². The molecular formula is C77H138O6. The summed E-state index contributed by atoms with van der Waals surface area (Å²) in [5.41, 5.74) is 0. The zero-order valence-corrected chi connectivity index (χ0v) is 55.5. The minimum absolute atomic E-state index is 0.0715. The first-order valence-electron chi connectivity index (χ1n) is 36.4. The van der Waals surface area contributed by atoms with Crippen molar-refractivity contribution in [3.8, 4) is 0 Å². The van der Waals surface area contributed by atoms with E-state index in [4.69, 9.17) is 14.2 Å². The van der Waals surface area contributed by atoms with Gasteiger partial charge in [0, 0.05) is 19.3 Å². The van der Waals surface area contributed by atoms with Crippen molar-refractivity contribution in [2.45, 2.75) is 386 Å². The van der Waals surface area contributed by atoms with Crippen molar-refractivity contribution in [2.24, 2.45) is 0 Å². The molecule has 1 atom stereocenters. The van der Waals surface area contributed by atoms with Crippen molar-refractivity contribution in [3.63, 3.8) is 0 Å². The van der Waals surface area contributed by atoms with Crippen LogP contribution in [0.2, 0.25) is 0 Å². The minimum atomic E-state index is -0.776. The summed E-state index contributed by atoms with van der Waals surface area (Å²) >= 11 is 0. The van der Waals surface area contributed by atoms with E-state index in [1.807, 2.05) is 0 Å². The van der Waals surface area contributed by atoms with Gasteiger partial charge in [0.05, 0.1) is 0 Å². The van der Waals surface area contributed by atoms with Gasteiger partial charge in [-0.1, -0.05) is 344 Å². The molecular weight excluding hydrogens is 1020 g/mol. The largest absolute Gasteiger partial charge is 0.462 e. The maximum atomic E-state index is 12.9. The van der Waals surface area contributed by atoms with Gasteiger partial charge in [-0.05, 0) is 89.9 Å². The number of unbranched alkanes of at least 4 members (excludes halogenated alkanes) is 44. The van der Waals surface area contributed by atoms with Gasteiger partial charge in [-0.2, -0.15) is 0 Å². The summed E-state index contributed by atoms with van der Waals surface area (Å²) in [5, 5.41) is 0. The number of esters is 3. The molecule has 83 heavy (non-hydrogen) atoms. The lowest BCUT2D eigenvalue weighted by atomic mass is 10.0. The Bertz CT molecular complexity index is 1520. The van der Waals surface area contributed by atoms with E-state index in [2.05, 4.69) is 93.7 Å². The molecule has 6 heteroatoms. The van der Waals surface area contributed by atoms with Gasteiger partial charge in [-0.15, -0.1) is 0 Å². The summed E-state index contributed by atoms with van der Waals surface area (Å²) < 4.78 is 17.0. The van der Waals surface area contributed by atoms with E-state index >= 15 is 0 Å². The van der Waals surface area contributed by atoms with E-state index in [-0.39, 0.29) is 31.1 Å². The Kier molecular flexibility index (Phi) is 68.6. The SMILES string of the molecule is CC/C=C\C/C=C\C/C=C\C/C=C\C/C=C\CCCCCCCCCCCCCCCCCCCCCC(=O)OCC(COC(=O)CCCCCCCCCCCCCCCC)OC(=O)CCCCCCC/C=C\CCCCCCCCC. The topological polar surface area (TPSA) is 78.9 Å². The number of ether oxygens (including phenoxy) is 3. The second kappa shape index (κ2) is 71.3. The van der Waals surface area contributed by atoms with Gasteiger partial charge in [0.25, 0.3) is 0 Å². The molecule has 0 N–H and O–H groups in total. The molecule has 0 aromatic heterocycles. The van der Waals surface area contributed by atoms with Crippen molar-refractivity contribution in [1.82, 2.24) is 0 Å². The maximum absolute atomic E-state index is 12.9. The Morgan fingerprint density at radius 3 is 0.747 bits per heavy atom. The lowest BCUT2D eigenvalue weighted by molar-refractivity contribution is -0.167. The zero-order valence-electron chi connectivity index (χ0n) is 55.5. The fraction of sp³-hybridized carbons (Fsp3) is 0.805. The number of hydrogen-bond donors (Lipinski definition) is 0. The van der Waals surface area contributed by atoms with E-state index in [1.54, 1.807) is 0 Å². The Labute approximate surface area is 516 Å². The van der Waals surface area contributed by atoms with Gasteiger partial charge in [0.2, 0.25) is 0 Å². The molecule has 482 valence electrons. The summed E-state index contributed by atoms with van der Waals surface area (Å²) in [5.74, 6) is -0.854. The molecule has 0 aliphatic rings. The van der Waals surface area contributed by atoms with Crippen LogP contribution < -0.4 is 0 Å². The molecule has 0 aliphatic heterocycles. The summed E-state index contributed by atoms with van der Waals surface area (Å²) in [6.45, 7) is 6.57. The first-order valence-corrected chi connectivity index (χ1v) is 36.4. The molecule has 0 saturated heterocycles. The van der Waals surface area contributed by atoms with Crippen LogP contribution in [0.3, 0.4) is 0 Å². The summed E-state index contributed by atoms with van der Waals surface area (Å²) in [6, 6.07) is 0. The number of carbonyl (C=O) groups excluding carboxylic acids is 3. The highest BCUT2D eigenvalue weighted by atomic mass is 16.6. The first kappa shape index (κ1) is 79.8. The predicted octanol–water partition coefficient (Wildman–Crippen LogP) is 25.2. The van der Waals surface area contributed by atoms with E-state index in [1.165, 1.54) is 244 Å². The summed E-state index contributed by atoms with van der Waals surface area (Å²) in [4.78, 5) is 38.4. The number of hydrogen-bond acceptors (Lipinski definition) is 6. The highest BCUT2D eigenvalue weighted by molar-refractivity contribution is 5.71. The predicted molar refractivity (Wildman–Crippen MR) is 362 cm³/mol. The van der Waals surface area contributed by atoms with Crippen LogP contribution in [0.5, 0.6) is 0 Å². The third kappa shape index (κ3) is 69.5. The van der Waals surface area contributed by atoms with Crippen molar-refractivity contribution >= 4 is 17.9 Å². The second-order valence-corrected chi connectivity index (χ2v) is 24.5. The fourth-order valence-electron chi connectivity index (χ4n) is 10.8. The summed E-state index contributed by atoms with van der Waals surface area (Å²) in [6.07, 6.45) is 93.7. The molecule has 0 fully saturated rings. The quantitative estimate of drug-likeness (QED) is 0.0261. The summed E-state index contributed by atoms with van der Waals surface area (Å²) in [7, 11) is 0. The molecule has 0 radical (unpaired) electrons. The van der Waals surface area contributed by atoms with Gasteiger partial charge in [-0.3, -0.25) is 14.4 Å². The third-order valence-electron chi connectivity index (χ3n) is 16.2. The van der Waals surface area contributed by atoms with Crippen LogP contribution in [0.1, 0.15) is 380 Å². The highest BCUT2D eigenvalue weighted by Gasteiger charge is 2.19. The Hall–Kier alpha value is -3.15. The van der Waals surface area contributed by atoms with E-state index in [9.17, 15) is 14.4 Å². The van der Waals surface area contributed by atoms with Gasteiger partial charge in [-0.25, -0.2) is 0 Å². The van der Waals surface area contributed by atoms with Crippen LogP contribution in [0.25, 0.3) is 0 Å². The Balaban J connectivity index is 4.12. The van der Waals surface area contributed by atoms with Crippen molar-refractivity contribution < 1.29 is 28.6 Å².